The minimum Gasteiger partial charge on any atom is -0.496 e. The quantitative estimate of drug-likeness (QED) is 0.391. The van der Waals surface area contributed by atoms with Gasteiger partial charge in [0.1, 0.15) is 17.2 Å². The molecule has 9 nitrogen and oxygen atoms in total. The number of nitrogens with one attached hydrogen (secondary N) is 1. The van der Waals surface area contributed by atoms with Gasteiger partial charge in [0.05, 0.1) is 44.3 Å². The van der Waals surface area contributed by atoms with E-state index in [1.165, 1.54) is 0 Å². The third-order valence-electron chi connectivity index (χ3n) is 5.92. The Balaban J connectivity index is 1.71. The molecule has 9 heteroatoms. The monoisotopic (exact) mass is 473 g/mol. The van der Waals surface area contributed by atoms with Crippen molar-refractivity contribution < 1.29 is 28.2 Å². The molecule has 178 valence electrons. The predicted octanol–water partition coefficient (Wildman–Crippen LogP) is 4.61. The molecule has 1 N–H and O–H groups in total. The molecule has 1 atom stereocenters. The summed E-state index contributed by atoms with van der Waals surface area (Å²) in [5.74, 6) is 0.910. The number of esters is 1. The van der Waals surface area contributed by atoms with Gasteiger partial charge in [-0.15, -0.1) is 0 Å². The largest absolute Gasteiger partial charge is 0.496 e. The first-order valence-corrected chi connectivity index (χ1v) is 11.0. The van der Waals surface area contributed by atoms with Crippen molar-refractivity contribution in [1.82, 2.24) is 10.2 Å². The van der Waals surface area contributed by atoms with Crippen molar-refractivity contribution in [3.63, 3.8) is 0 Å². The van der Waals surface area contributed by atoms with Crippen molar-refractivity contribution in [2.24, 2.45) is 0 Å². The first-order valence-electron chi connectivity index (χ1n) is 11.0. The van der Waals surface area contributed by atoms with E-state index in [1.54, 1.807) is 68.7 Å². The molecular formula is C26H23N3O6. The summed E-state index contributed by atoms with van der Waals surface area (Å²) in [6, 6.07) is 15.1. The normalized spacial score (nSPS) is 14.7. The van der Waals surface area contributed by atoms with Gasteiger partial charge in [-0.3, -0.25) is 14.8 Å². The number of hydrogen-bond donors (Lipinski definition) is 1. The van der Waals surface area contributed by atoms with Gasteiger partial charge in [-0.2, -0.15) is 5.10 Å². The lowest BCUT2D eigenvalue weighted by Gasteiger charge is -2.28. The molecule has 3 heterocycles. The fourth-order valence-corrected chi connectivity index (χ4v) is 4.41. The average Bonchev–Trinajstić information content (AvgIpc) is 3.62. The van der Waals surface area contributed by atoms with Crippen LogP contribution in [0.3, 0.4) is 0 Å². The maximum absolute atomic E-state index is 13.7. The summed E-state index contributed by atoms with van der Waals surface area (Å²) in [5, 5.41) is 7.29. The van der Waals surface area contributed by atoms with Crippen LogP contribution in [0.25, 0.3) is 11.5 Å². The van der Waals surface area contributed by atoms with Gasteiger partial charge in [-0.05, 0) is 55.5 Å². The number of carbonyl (C=O) groups is 2. The van der Waals surface area contributed by atoms with Crippen molar-refractivity contribution in [2.75, 3.05) is 25.7 Å². The van der Waals surface area contributed by atoms with Gasteiger partial charge >= 0.3 is 5.97 Å². The lowest BCUT2D eigenvalue weighted by Crippen LogP contribution is -2.30. The molecule has 1 amide bonds. The van der Waals surface area contributed by atoms with E-state index >= 15 is 0 Å². The third kappa shape index (κ3) is 3.61. The van der Waals surface area contributed by atoms with Gasteiger partial charge in [0.15, 0.2) is 11.5 Å². The van der Waals surface area contributed by atoms with Crippen molar-refractivity contribution >= 4 is 17.6 Å². The highest BCUT2D eigenvalue weighted by Crippen LogP contribution is 2.50. The number of aromatic amines is 1. The number of hydrogen-bond acceptors (Lipinski definition) is 7. The zero-order valence-electron chi connectivity index (χ0n) is 19.4. The molecule has 2 aromatic heterocycles. The molecule has 0 radical (unpaired) electrons. The van der Waals surface area contributed by atoms with E-state index in [-0.39, 0.29) is 18.2 Å². The summed E-state index contributed by atoms with van der Waals surface area (Å²) in [4.78, 5) is 27.5. The average molecular weight is 473 g/mol. The minimum absolute atomic E-state index is 0.267. The Hall–Kier alpha value is -4.53. The van der Waals surface area contributed by atoms with Crippen LogP contribution in [0.1, 0.15) is 44.9 Å². The van der Waals surface area contributed by atoms with Gasteiger partial charge in [-0.25, -0.2) is 4.79 Å². The van der Waals surface area contributed by atoms with Gasteiger partial charge in [0.25, 0.3) is 5.91 Å². The minimum atomic E-state index is -0.643. The second-order valence-corrected chi connectivity index (χ2v) is 7.76. The zero-order chi connectivity index (χ0) is 24.5. The fraction of sp³-hybridized carbons (Fsp3) is 0.192. The molecular weight excluding hydrogens is 450 g/mol. The Morgan fingerprint density at radius 1 is 1.03 bits per heavy atom. The molecule has 5 rings (SSSR count). The number of fused-ring (bicyclic) bond motifs is 1. The first kappa shape index (κ1) is 22.3. The van der Waals surface area contributed by atoms with Crippen LogP contribution in [-0.2, 0) is 4.74 Å². The van der Waals surface area contributed by atoms with Crippen LogP contribution in [0, 0.1) is 0 Å². The molecule has 0 saturated heterocycles. The summed E-state index contributed by atoms with van der Waals surface area (Å²) in [6.07, 6.45) is 1.56. The highest BCUT2D eigenvalue weighted by Gasteiger charge is 2.46. The number of methoxy groups -OCH3 is 2. The number of benzene rings is 2. The number of carbonyl (C=O) groups excluding carboxylic acids is 2. The number of anilines is 1. The van der Waals surface area contributed by atoms with Crippen LogP contribution in [0.5, 0.6) is 11.5 Å². The molecule has 0 spiro atoms. The first-order chi connectivity index (χ1) is 17.1. The molecule has 1 aliphatic heterocycles. The Labute approximate surface area is 201 Å². The van der Waals surface area contributed by atoms with E-state index in [2.05, 4.69) is 10.2 Å². The van der Waals surface area contributed by atoms with E-state index in [0.717, 1.165) is 0 Å². The lowest BCUT2D eigenvalue weighted by atomic mass is 9.95. The van der Waals surface area contributed by atoms with E-state index in [9.17, 15) is 9.59 Å². The van der Waals surface area contributed by atoms with E-state index in [0.29, 0.717) is 45.3 Å². The summed E-state index contributed by atoms with van der Waals surface area (Å²) in [5.41, 5.74) is 3.12. The number of nitrogens with zero attached hydrogens (tertiary/aromatic N) is 2. The second-order valence-electron chi connectivity index (χ2n) is 7.76. The Morgan fingerprint density at radius 2 is 1.74 bits per heavy atom. The van der Waals surface area contributed by atoms with Crippen molar-refractivity contribution in [2.45, 2.75) is 13.0 Å². The summed E-state index contributed by atoms with van der Waals surface area (Å²) in [6.45, 7) is 2.02. The number of ether oxygens (including phenoxy) is 3. The summed E-state index contributed by atoms with van der Waals surface area (Å²) >= 11 is 0. The number of aromatic nitrogens is 2. The Bertz CT molecular complexity index is 1350. The standard InChI is InChI=1S/C26H23N3O6/c1-4-34-26(31)15-10-12-16(13-11-15)29-24(20-17(32-2)7-5-8-18(20)33-3)21-22(19-9-6-14-35-19)27-28-23(21)25(29)30/h5-14,24H,4H2,1-3H3,(H,27,28). The smallest absolute Gasteiger partial charge is 0.338 e. The molecule has 1 unspecified atom stereocenters. The summed E-state index contributed by atoms with van der Waals surface area (Å²) < 4.78 is 22.1. The van der Waals surface area contributed by atoms with E-state index in [1.807, 2.05) is 18.2 Å². The Morgan fingerprint density at radius 3 is 2.34 bits per heavy atom. The van der Waals surface area contributed by atoms with Crippen LogP contribution in [-0.4, -0.2) is 42.9 Å². The number of furan rings is 1. The molecule has 0 bridgehead atoms. The van der Waals surface area contributed by atoms with Crippen molar-refractivity contribution in [3.05, 3.63) is 83.2 Å². The zero-order valence-corrected chi connectivity index (χ0v) is 19.4. The van der Waals surface area contributed by atoms with Gasteiger partial charge in [-0.1, -0.05) is 6.07 Å². The molecule has 1 aliphatic rings. The molecule has 2 aromatic carbocycles. The van der Waals surface area contributed by atoms with Crippen molar-refractivity contribution in [3.8, 4) is 23.0 Å². The SMILES string of the molecule is CCOC(=O)c1ccc(N2C(=O)c3n[nH]c(-c4ccco4)c3C2c2c(OC)cccc2OC)cc1. The van der Waals surface area contributed by atoms with Gasteiger partial charge < -0.3 is 18.6 Å². The molecule has 0 saturated carbocycles. The number of H-pyrrole nitrogens is 1. The maximum Gasteiger partial charge on any atom is 0.338 e. The number of amides is 1. The van der Waals surface area contributed by atoms with Crippen LogP contribution in [0.15, 0.2) is 65.3 Å². The molecule has 0 aliphatic carbocycles. The van der Waals surface area contributed by atoms with E-state index in [4.69, 9.17) is 18.6 Å². The summed E-state index contributed by atoms with van der Waals surface area (Å²) in [7, 11) is 3.13. The molecule has 35 heavy (non-hydrogen) atoms. The maximum atomic E-state index is 13.7. The van der Waals surface area contributed by atoms with E-state index < -0.39 is 12.0 Å². The van der Waals surface area contributed by atoms with Gasteiger partial charge in [0.2, 0.25) is 0 Å². The predicted molar refractivity (Wildman–Crippen MR) is 127 cm³/mol. The van der Waals surface area contributed by atoms with Crippen LogP contribution < -0.4 is 14.4 Å². The highest BCUT2D eigenvalue weighted by molar-refractivity contribution is 6.12. The number of rotatable bonds is 7. The molecule has 0 fully saturated rings. The highest BCUT2D eigenvalue weighted by atomic mass is 16.5. The van der Waals surface area contributed by atoms with Crippen molar-refractivity contribution in [1.29, 1.82) is 0 Å². The topological polar surface area (TPSA) is 107 Å². The van der Waals surface area contributed by atoms with Crippen LogP contribution in [0.4, 0.5) is 5.69 Å². The van der Waals surface area contributed by atoms with Crippen LogP contribution >= 0.6 is 0 Å². The Kier molecular flexibility index (Phi) is 5.74. The third-order valence-corrected chi connectivity index (χ3v) is 5.92. The molecule has 4 aromatic rings. The lowest BCUT2D eigenvalue weighted by molar-refractivity contribution is 0.0526. The van der Waals surface area contributed by atoms with Gasteiger partial charge in [0, 0.05) is 11.3 Å². The fourth-order valence-electron chi connectivity index (χ4n) is 4.41. The second kappa shape index (κ2) is 9.02. The van der Waals surface area contributed by atoms with Crippen LogP contribution in [0.2, 0.25) is 0 Å².